The van der Waals surface area contributed by atoms with Crippen molar-refractivity contribution in [2.24, 2.45) is 5.41 Å². The van der Waals surface area contributed by atoms with Gasteiger partial charge in [0.2, 0.25) is 0 Å². The van der Waals surface area contributed by atoms with Crippen molar-refractivity contribution in [1.82, 2.24) is 14.7 Å². The molecule has 7 heteroatoms. The molecule has 0 radical (unpaired) electrons. The second-order valence-corrected chi connectivity index (χ2v) is 8.14. The molecule has 1 aliphatic rings. The quantitative estimate of drug-likeness (QED) is 0.548. The van der Waals surface area contributed by atoms with Crippen LogP contribution in [0.3, 0.4) is 0 Å². The average Bonchev–Trinajstić information content (AvgIpc) is 3.36. The Kier molecular flexibility index (Phi) is 6.35. The first-order chi connectivity index (χ1) is 15.5. The normalized spacial score (nSPS) is 18.4. The van der Waals surface area contributed by atoms with Gasteiger partial charge in [-0.2, -0.15) is 5.10 Å². The van der Waals surface area contributed by atoms with E-state index in [0.717, 1.165) is 11.3 Å². The number of piperidine rings is 1. The van der Waals surface area contributed by atoms with Crippen molar-refractivity contribution >= 4 is 11.9 Å². The first-order valence-corrected chi connectivity index (χ1v) is 10.8. The third kappa shape index (κ3) is 4.56. The Balaban J connectivity index is 1.60. The minimum absolute atomic E-state index is 0.133. The fourth-order valence-electron chi connectivity index (χ4n) is 4.35. The molecular formula is C25H26FN3O3. The number of carbonyl (C=O) groups excluding carboxylic acids is 2. The third-order valence-corrected chi connectivity index (χ3v) is 5.89. The van der Waals surface area contributed by atoms with E-state index in [4.69, 9.17) is 4.74 Å². The molecule has 4 rings (SSSR count). The number of benzene rings is 2. The summed E-state index contributed by atoms with van der Waals surface area (Å²) in [6, 6.07) is 15.3. The van der Waals surface area contributed by atoms with E-state index in [1.54, 1.807) is 47.0 Å². The van der Waals surface area contributed by atoms with Crippen LogP contribution in [0.5, 0.6) is 0 Å². The van der Waals surface area contributed by atoms with Gasteiger partial charge < -0.3 is 9.64 Å². The van der Waals surface area contributed by atoms with E-state index < -0.39 is 5.41 Å². The molecule has 1 saturated heterocycles. The van der Waals surface area contributed by atoms with Crippen LogP contribution in [0.4, 0.5) is 4.39 Å². The zero-order valence-electron chi connectivity index (χ0n) is 18.0. The molecule has 0 unspecified atom stereocenters. The van der Waals surface area contributed by atoms with Gasteiger partial charge in [0.25, 0.3) is 5.91 Å². The predicted molar refractivity (Wildman–Crippen MR) is 118 cm³/mol. The number of rotatable bonds is 6. The van der Waals surface area contributed by atoms with E-state index in [1.807, 2.05) is 24.4 Å². The van der Waals surface area contributed by atoms with Gasteiger partial charge in [0.1, 0.15) is 5.82 Å². The predicted octanol–water partition coefficient (Wildman–Crippen LogP) is 4.04. The molecule has 32 heavy (non-hydrogen) atoms. The van der Waals surface area contributed by atoms with Gasteiger partial charge in [0.05, 0.1) is 17.7 Å². The standard InChI is InChI=1S/C25H26FN3O3/c1-2-32-24(31)25(17-19-8-10-21(26)11-9-19)12-4-14-28(18-25)23(30)20-6-3-7-22(16-20)29-15-5-13-27-29/h3,5-11,13,15-16H,2,4,12,14,17-18H2,1H3/t25-/m0/s1. The first-order valence-electron chi connectivity index (χ1n) is 10.8. The zero-order valence-corrected chi connectivity index (χ0v) is 18.0. The number of esters is 1. The summed E-state index contributed by atoms with van der Waals surface area (Å²) in [6.45, 7) is 2.86. The highest BCUT2D eigenvalue weighted by molar-refractivity contribution is 5.95. The number of likely N-dealkylation sites (tertiary alicyclic amines) is 1. The second kappa shape index (κ2) is 9.34. The molecule has 2 heterocycles. The van der Waals surface area contributed by atoms with Crippen LogP contribution in [0.15, 0.2) is 67.0 Å². The van der Waals surface area contributed by atoms with Crippen LogP contribution in [-0.4, -0.2) is 46.3 Å². The molecule has 166 valence electrons. The van der Waals surface area contributed by atoms with Crippen molar-refractivity contribution < 1.29 is 18.7 Å². The van der Waals surface area contributed by atoms with Gasteiger partial charge in [-0.15, -0.1) is 0 Å². The van der Waals surface area contributed by atoms with Crippen LogP contribution >= 0.6 is 0 Å². The van der Waals surface area contributed by atoms with E-state index >= 15 is 0 Å². The third-order valence-electron chi connectivity index (χ3n) is 5.89. The maximum absolute atomic E-state index is 13.4. The van der Waals surface area contributed by atoms with E-state index in [1.165, 1.54) is 12.1 Å². The summed E-state index contributed by atoms with van der Waals surface area (Å²) in [7, 11) is 0. The van der Waals surface area contributed by atoms with Crippen molar-refractivity contribution in [2.75, 3.05) is 19.7 Å². The van der Waals surface area contributed by atoms with Gasteiger partial charge in [-0.3, -0.25) is 9.59 Å². The van der Waals surface area contributed by atoms with Crippen LogP contribution in [0.25, 0.3) is 5.69 Å². The molecule has 0 N–H and O–H groups in total. The number of ether oxygens (including phenoxy) is 1. The smallest absolute Gasteiger partial charge is 0.314 e. The summed E-state index contributed by atoms with van der Waals surface area (Å²) in [4.78, 5) is 28.2. The number of hydrogen-bond acceptors (Lipinski definition) is 4. The monoisotopic (exact) mass is 435 g/mol. The fraction of sp³-hybridized carbons (Fsp3) is 0.320. The van der Waals surface area contributed by atoms with Gasteiger partial charge in [0, 0.05) is 31.0 Å². The number of carbonyl (C=O) groups is 2. The number of hydrogen-bond donors (Lipinski definition) is 0. The molecule has 3 aromatic rings. The van der Waals surface area contributed by atoms with Crippen LogP contribution in [0.2, 0.25) is 0 Å². The summed E-state index contributed by atoms with van der Waals surface area (Å²) < 4.78 is 20.5. The second-order valence-electron chi connectivity index (χ2n) is 8.14. The Bertz CT molecular complexity index is 1080. The van der Waals surface area contributed by atoms with Crippen LogP contribution in [0.1, 0.15) is 35.7 Å². The highest BCUT2D eigenvalue weighted by Crippen LogP contribution is 2.36. The number of amides is 1. The van der Waals surface area contributed by atoms with Crippen molar-refractivity contribution in [3.63, 3.8) is 0 Å². The molecule has 1 fully saturated rings. The minimum Gasteiger partial charge on any atom is -0.466 e. The summed E-state index contributed by atoms with van der Waals surface area (Å²) in [5.74, 6) is -0.768. The molecule has 6 nitrogen and oxygen atoms in total. The highest BCUT2D eigenvalue weighted by Gasteiger charge is 2.45. The van der Waals surface area contributed by atoms with E-state index in [2.05, 4.69) is 5.10 Å². The van der Waals surface area contributed by atoms with Crippen molar-refractivity contribution in [3.05, 3.63) is 83.9 Å². The van der Waals surface area contributed by atoms with Gasteiger partial charge in [0.15, 0.2) is 0 Å². The van der Waals surface area contributed by atoms with E-state index in [9.17, 15) is 14.0 Å². The topological polar surface area (TPSA) is 64.4 Å². The minimum atomic E-state index is -0.860. The molecule has 2 aromatic carbocycles. The molecule has 0 saturated carbocycles. The summed E-state index contributed by atoms with van der Waals surface area (Å²) in [5.41, 5.74) is 1.32. The Morgan fingerprint density at radius 3 is 2.69 bits per heavy atom. The molecule has 0 bridgehead atoms. The van der Waals surface area contributed by atoms with Gasteiger partial charge in [-0.1, -0.05) is 18.2 Å². The maximum Gasteiger partial charge on any atom is 0.314 e. The van der Waals surface area contributed by atoms with Crippen LogP contribution in [0, 0.1) is 11.2 Å². The molecular weight excluding hydrogens is 409 g/mol. The summed E-state index contributed by atoms with van der Waals surface area (Å²) >= 11 is 0. The van der Waals surface area contributed by atoms with Crippen molar-refractivity contribution in [2.45, 2.75) is 26.2 Å². The van der Waals surface area contributed by atoms with Crippen LogP contribution < -0.4 is 0 Å². The first kappa shape index (κ1) is 21.7. The lowest BCUT2D eigenvalue weighted by Crippen LogP contribution is -2.51. The van der Waals surface area contributed by atoms with Crippen molar-refractivity contribution in [1.29, 1.82) is 0 Å². The number of aromatic nitrogens is 2. The van der Waals surface area contributed by atoms with Crippen molar-refractivity contribution in [3.8, 4) is 5.69 Å². The van der Waals surface area contributed by atoms with Gasteiger partial charge in [-0.05, 0) is 68.1 Å². The molecule has 1 aromatic heterocycles. The van der Waals surface area contributed by atoms with Gasteiger partial charge in [-0.25, -0.2) is 9.07 Å². The SMILES string of the molecule is CCOC(=O)[C@]1(Cc2ccc(F)cc2)CCCN(C(=O)c2cccc(-n3cccn3)c2)C1. The summed E-state index contributed by atoms with van der Waals surface area (Å²) in [5, 5.41) is 4.22. The fourth-order valence-corrected chi connectivity index (χ4v) is 4.35. The Hall–Kier alpha value is -3.48. The molecule has 1 aliphatic heterocycles. The molecule has 0 spiro atoms. The van der Waals surface area contributed by atoms with Gasteiger partial charge >= 0.3 is 5.97 Å². The Morgan fingerprint density at radius 1 is 1.16 bits per heavy atom. The zero-order chi connectivity index (χ0) is 22.6. The van der Waals surface area contributed by atoms with E-state index in [-0.39, 0.29) is 30.8 Å². The highest BCUT2D eigenvalue weighted by atomic mass is 19.1. The van der Waals surface area contributed by atoms with Crippen LogP contribution in [-0.2, 0) is 16.0 Å². The number of nitrogens with zero attached hydrogens (tertiary/aromatic N) is 3. The summed E-state index contributed by atoms with van der Waals surface area (Å²) in [6.07, 6.45) is 5.19. The Labute approximate surface area is 186 Å². The molecule has 1 amide bonds. The largest absolute Gasteiger partial charge is 0.466 e. The lowest BCUT2D eigenvalue weighted by Gasteiger charge is -2.41. The Morgan fingerprint density at radius 2 is 1.97 bits per heavy atom. The lowest BCUT2D eigenvalue weighted by atomic mass is 9.75. The molecule has 0 aliphatic carbocycles. The van der Waals surface area contributed by atoms with E-state index in [0.29, 0.717) is 31.4 Å². The average molecular weight is 435 g/mol. The number of halogens is 1. The lowest BCUT2D eigenvalue weighted by molar-refractivity contribution is -0.158. The maximum atomic E-state index is 13.4. The molecule has 1 atom stereocenters.